The van der Waals surface area contributed by atoms with E-state index in [1.807, 2.05) is 0 Å². The van der Waals surface area contributed by atoms with Gasteiger partial charge in [-0.1, -0.05) is 6.07 Å². The summed E-state index contributed by atoms with van der Waals surface area (Å²) in [5, 5.41) is 20.0. The number of carboxylic acid groups (broad SMARTS) is 1. The monoisotopic (exact) mass is 339 g/mol. The summed E-state index contributed by atoms with van der Waals surface area (Å²) in [6.07, 6.45) is -0.751. The second kappa shape index (κ2) is 6.49. The molecule has 2 rings (SSSR count). The quantitative estimate of drug-likeness (QED) is 0.513. The highest BCUT2D eigenvalue weighted by atomic mass is 19.1. The van der Waals surface area contributed by atoms with Crippen LogP contribution >= 0.6 is 0 Å². The highest BCUT2D eigenvalue weighted by molar-refractivity contribution is 6.09. The van der Waals surface area contributed by atoms with Gasteiger partial charge in [0.2, 0.25) is 0 Å². The number of Topliss-reactive ketones (excluding diaryl/α,β-unsaturated/α-hetero) is 1. The summed E-state index contributed by atoms with van der Waals surface area (Å²) in [5.74, 6) is -6.01. The normalized spacial score (nSPS) is 10.5. The minimum absolute atomic E-state index is 0.281. The molecular formula is C15H8F3NO5. The van der Waals surface area contributed by atoms with E-state index in [1.54, 1.807) is 0 Å². The molecule has 2 aromatic rings. The van der Waals surface area contributed by atoms with Gasteiger partial charge in [-0.05, 0) is 17.7 Å². The standard InChI is InChI=1S/C15H8F3NO5/c16-8-2-1-7(11(18)5-8)3-13(20)14-10(15(21)22)4-9(17)6-12(14)19(23)24/h1-2,4-6H,3H2,(H,21,22). The van der Waals surface area contributed by atoms with Gasteiger partial charge in [0.15, 0.2) is 5.78 Å². The van der Waals surface area contributed by atoms with E-state index in [2.05, 4.69) is 0 Å². The van der Waals surface area contributed by atoms with Crippen LogP contribution in [0.15, 0.2) is 30.3 Å². The summed E-state index contributed by atoms with van der Waals surface area (Å²) >= 11 is 0. The van der Waals surface area contributed by atoms with Crippen molar-refractivity contribution in [1.29, 1.82) is 0 Å². The van der Waals surface area contributed by atoms with E-state index in [4.69, 9.17) is 5.11 Å². The number of aromatic carboxylic acids is 1. The highest BCUT2D eigenvalue weighted by Crippen LogP contribution is 2.26. The number of halogens is 3. The predicted molar refractivity (Wildman–Crippen MR) is 74.4 cm³/mol. The van der Waals surface area contributed by atoms with Crippen molar-refractivity contribution < 1.29 is 32.8 Å². The first-order chi connectivity index (χ1) is 11.2. The van der Waals surface area contributed by atoms with Gasteiger partial charge in [-0.15, -0.1) is 0 Å². The first-order valence-electron chi connectivity index (χ1n) is 6.39. The number of nitro groups is 1. The largest absolute Gasteiger partial charge is 0.478 e. The van der Waals surface area contributed by atoms with Crippen LogP contribution in [0.3, 0.4) is 0 Å². The molecule has 0 aliphatic rings. The van der Waals surface area contributed by atoms with Crippen molar-refractivity contribution >= 4 is 17.4 Å². The minimum Gasteiger partial charge on any atom is -0.478 e. The van der Waals surface area contributed by atoms with Crippen molar-refractivity contribution in [3.8, 4) is 0 Å². The molecule has 0 heterocycles. The van der Waals surface area contributed by atoms with E-state index in [9.17, 15) is 32.9 Å². The zero-order chi connectivity index (χ0) is 18.0. The molecule has 6 nitrogen and oxygen atoms in total. The molecule has 0 unspecified atom stereocenters. The molecule has 124 valence electrons. The number of rotatable bonds is 5. The van der Waals surface area contributed by atoms with Gasteiger partial charge < -0.3 is 5.11 Å². The summed E-state index contributed by atoms with van der Waals surface area (Å²) in [4.78, 5) is 33.3. The van der Waals surface area contributed by atoms with Crippen molar-refractivity contribution in [2.24, 2.45) is 0 Å². The summed E-state index contributed by atoms with van der Waals surface area (Å²) in [6.45, 7) is 0. The van der Waals surface area contributed by atoms with Crippen molar-refractivity contribution in [1.82, 2.24) is 0 Å². The van der Waals surface area contributed by atoms with Crippen LogP contribution in [0.5, 0.6) is 0 Å². The number of ketones is 1. The Bertz CT molecular complexity index is 831. The zero-order valence-corrected chi connectivity index (χ0v) is 11.8. The lowest BCUT2D eigenvalue weighted by Gasteiger charge is -2.08. The molecule has 0 spiro atoms. The number of nitro benzene ring substituents is 1. The Kier molecular flexibility index (Phi) is 4.63. The maximum Gasteiger partial charge on any atom is 0.336 e. The fourth-order valence-electron chi connectivity index (χ4n) is 2.12. The van der Waals surface area contributed by atoms with Crippen molar-refractivity contribution in [2.75, 3.05) is 0 Å². The number of carbonyl (C=O) groups is 2. The van der Waals surface area contributed by atoms with Crippen molar-refractivity contribution in [3.63, 3.8) is 0 Å². The molecule has 0 aliphatic heterocycles. The second-order valence-corrected chi connectivity index (χ2v) is 4.75. The molecule has 0 fully saturated rings. The molecule has 0 bridgehead atoms. The lowest BCUT2D eigenvalue weighted by Crippen LogP contribution is -2.15. The van der Waals surface area contributed by atoms with Gasteiger partial charge in [0.25, 0.3) is 5.69 Å². The maximum atomic E-state index is 13.6. The van der Waals surface area contributed by atoms with Crippen LogP contribution in [0, 0.1) is 27.6 Å². The van der Waals surface area contributed by atoms with Gasteiger partial charge in [0.1, 0.15) is 23.0 Å². The molecule has 1 N–H and O–H groups in total. The molecule has 0 radical (unpaired) electrons. The molecular weight excluding hydrogens is 331 g/mol. The zero-order valence-electron chi connectivity index (χ0n) is 11.8. The summed E-state index contributed by atoms with van der Waals surface area (Å²) in [7, 11) is 0. The molecule has 0 aromatic heterocycles. The Morgan fingerprint density at radius 1 is 1.08 bits per heavy atom. The number of nitrogens with zero attached hydrogens (tertiary/aromatic N) is 1. The number of hydrogen-bond acceptors (Lipinski definition) is 4. The molecule has 0 atom stereocenters. The Balaban J connectivity index is 2.55. The number of carboxylic acids is 1. The van der Waals surface area contributed by atoms with E-state index in [1.165, 1.54) is 0 Å². The van der Waals surface area contributed by atoms with Crippen LogP contribution in [-0.2, 0) is 6.42 Å². The van der Waals surface area contributed by atoms with Gasteiger partial charge in [0, 0.05) is 12.5 Å². The highest BCUT2D eigenvalue weighted by Gasteiger charge is 2.29. The van der Waals surface area contributed by atoms with Gasteiger partial charge in [-0.25, -0.2) is 18.0 Å². The number of benzene rings is 2. The Hall–Kier alpha value is -3.23. The van der Waals surface area contributed by atoms with Gasteiger partial charge in [-0.2, -0.15) is 0 Å². The smallest absolute Gasteiger partial charge is 0.336 e. The first kappa shape index (κ1) is 17.1. The predicted octanol–water partition coefficient (Wildman–Crippen LogP) is 3.14. The van der Waals surface area contributed by atoms with Crippen molar-refractivity contribution in [3.05, 3.63) is 74.6 Å². The topological polar surface area (TPSA) is 97.5 Å². The molecule has 0 aliphatic carbocycles. The summed E-state index contributed by atoms with van der Waals surface area (Å²) < 4.78 is 39.8. The van der Waals surface area contributed by atoms with E-state index >= 15 is 0 Å². The average molecular weight is 339 g/mol. The van der Waals surface area contributed by atoms with E-state index in [-0.39, 0.29) is 5.56 Å². The summed E-state index contributed by atoms with van der Waals surface area (Å²) in [5.41, 5.74) is -3.08. The summed E-state index contributed by atoms with van der Waals surface area (Å²) in [6, 6.07) is 3.21. The van der Waals surface area contributed by atoms with Crippen LogP contribution in [0.2, 0.25) is 0 Å². The minimum atomic E-state index is -1.75. The van der Waals surface area contributed by atoms with Crippen LogP contribution in [0.4, 0.5) is 18.9 Å². The Morgan fingerprint density at radius 3 is 2.29 bits per heavy atom. The fraction of sp³-hybridized carbons (Fsp3) is 0.0667. The third kappa shape index (κ3) is 3.40. The number of carbonyl (C=O) groups excluding carboxylic acids is 1. The molecule has 9 heteroatoms. The third-order valence-corrected chi connectivity index (χ3v) is 3.15. The van der Waals surface area contributed by atoms with E-state index in [0.29, 0.717) is 18.2 Å². The SMILES string of the molecule is O=C(O)c1cc(F)cc([N+](=O)[O-])c1C(=O)Cc1ccc(F)cc1F. The molecule has 0 saturated heterocycles. The lowest BCUT2D eigenvalue weighted by molar-refractivity contribution is -0.385. The van der Waals surface area contributed by atoms with Gasteiger partial charge in [-0.3, -0.25) is 14.9 Å². The lowest BCUT2D eigenvalue weighted by atomic mass is 9.96. The van der Waals surface area contributed by atoms with E-state index in [0.717, 1.165) is 12.1 Å². The molecule has 2 aromatic carbocycles. The first-order valence-corrected chi connectivity index (χ1v) is 6.39. The maximum absolute atomic E-state index is 13.6. The molecule has 0 saturated carbocycles. The van der Waals surface area contributed by atoms with Crippen LogP contribution in [0.25, 0.3) is 0 Å². The van der Waals surface area contributed by atoms with Gasteiger partial charge in [0.05, 0.1) is 16.6 Å². The Labute approximate surface area is 132 Å². The Morgan fingerprint density at radius 2 is 1.75 bits per heavy atom. The fourth-order valence-corrected chi connectivity index (χ4v) is 2.12. The second-order valence-electron chi connectivity index (χ2n) is 4.75. The van der Waals surface area contributed by atoms with E-state index < -0.39 is 57.4 Å². The number of hydrogen-bond donors (Lipinski definition) is 1. The van der Waals surface area contributed by atoms with Crippen LogP contribution in [-0.4, -0.2) is 21.8 Å². The molecule has 24 heavy (non-hydrogen) atoms. The average Bonchev–Trinajstić information content (AvgIpc) is 2.48. The van der Waals surface area contributed by atoms with Crippen LogP contribution < -0.4 is 0 Å². The van der Waals surface area contributed by atoms with Crippen LogP contribution in [0.1, 0.15) is 26.3 Å². The van der Waals surface area contributed by atoms with Gasteiger partial charge >= 0.3 is 5.97 Å². The third-order valence-electron chi connectivity index (χ3n) is 3.15. The molecule has 0 amide bonds. The van der Waals surface area contributed by atoms with Crippen molar-refractivity contribution in [2.45, 2.75) is 6.42 Å².